The molecule has 1 atom stereocenters. The fourth-order valence-corrected chi connectivity index (χ4v) is 8.89. The fraction of sp³-hybridized carbons (Fsp3) is 0.0870. The minimum atomic E-state index is -1.04. The Morgan fingerprint density at radius 1 is 0.449 bits per heavy atom. The molecule has 7 aromatic carbocycles. The van der Waals surface area contributed by atoms with Crippen LogP contribution in [0.15, 0.2) is 152 Å². The molecule has 49 heavy (non-hydrogen) atoms. The van der Waals surface area contributed by atoms with Gasteiger partial charge in [0, 0.05) is 38.6 Å². The van der Waals surface area contributed by atoms with Crippen molar-refractivity contribution in [1.82, 2.24) is 4.57 Å². The summed E-state index contributed by atoms with van der Waals surface area (Å²) in [6.07, 6.45) is 0. The van der Waals surface area contributed by atoms with E-state index in [1.165, 1.54) is 55.2 Å². The summed E-state index contributed by atoms with van der Waals surface area (Å²) >= 11 is 0. The molecule has 3 aliphatic rings. The first-order valence-corrected chi connectivity index (χ1v) is 17.0. The number of para-hydroxylation sites is 2. The van der Waals surface area contributed by atoms with Gasteiger partial charge in [0.25, 0.3) is 0 Å². The Kier molecular flexibility index (Phi) is 5.11. The van der Waals surface area contributed by atoms with Gasteiger partial charge in [0.2, 0.25) is 0 Å². The van der Waals surface area contributed by atoms with Crippen LogP contribution in [-0.4, -0.2) is 4.57 Å². The van der Waals surface area contributed by atoms with Gasteiger partial charge in [0.15, 0.2) is 11.5 Å². The molecule has 1 aliphatic heterocycles. The van der Waals surface area contributed by atoms with Crippen molar-refractivity contribution in [2.75, 3.05) is 0 Å². The monoisotopic (exact) mass is 629 g/mol. The first kappa shape index (κ1) is 26.9. The lowest BCUT2D eigenvalue weighted by Crippen LogP contribution is -2.34. The average Bonchev–Trinajstić information content (AvgIpc) is 3.84. The summed E-state index contributed by atoms with van der Waals surface area (Å²) in [5.74, 6) is 0.471. The van der Waals surface area contributed by atoms with E-state index in [1.54, 1.807) is 0 Å². The largest absolute Gasteiger partial charge is 0.440 e. The van der Waals surface area contributed by atoms with Crippen molar-refractivity contribution in [2.45, 2.75) is 25.0 Å². The highest BCUT2D eigenvalue weighted by Gasteiger charge is 2.54. The fourth-order valence-electron chi connectivity index (χ4n) is 8.89. The summed E-state index contributed by atoms with van der Waals surface area (Å²) in [6, 6.07) is 54.4. The zero-order valence-corrected chi connectivity index (χ0v) is 27.2. The molecular weight excluding hydrogens is 599 g/mol. The number of ether oxygens (including phenoxy) is 2. The summed E-state index contributed by atoms with van der Waals surface area (Å²) in [4.78, 5) is 0. The van der Waals surface area contributed by atoms with Crippen molar-refractivity contribution in [3.63, 3.8) is 0 Å². The lowest BCUT2D eigenvalue weighted by Gasteiger charge is -2.26. The summed E-state index contributed by atoms with van der Waals surface area (Å²) in [5, 5.41) is 2.46. The van der Waals surface area contributed by atoms with Crippen molar-refractivity contribution in [3.8, 4) is 50.6 Å². The molecule has 8 aromatic rings. The molecule has 11 rings (SSSR count). The van der Waals surface area contributed by atoms with Gasteiger partial charge >= 0.3 is 5.79 Å². The highest BCUT2D eigenvalue weighted by Crippen LogP contribution is 2.61. The molecule has 0 saturated heterocycles. The van der Waals surface area contributed by atoms with Crippen LogP contribution in [-0.2, 0) is 11.2 Å². The minimum absolute atomic E-state index is 0.0879. The predicted octanol–water partition coefficient (Wildman–Crippen LogP) is 11.4. The maximum absolute atomic E-state index is 7.06. The molecule has 3 heteroatoms. The van der Waals surface area contributed by atoms with E-state index in [0.717, 1.165) is 39.4 Å². The summed E-state index contributed by atoms with van der Waals surface area (Å²) in [5.41, 5.74) is 15.5. The Morgan fingerprint density at radius 3 is 1.92 bits per heavy atom. The number of hydrogen-bond acceptors (Lipinski definition) is 2. The molecule has 1 aromatic heterocycles. The predicted molar refractivity (Wildman–Crippen MR) is 198 cm³/mol. The molecule has 1 spiro atoms. The van der Waals surface area contributed by atoms with Crippen LogP contribution in [0, 0.1) is 0 Å². The number of hydrogen-bond donors (Lipinski definition) is 0. The zero-order valence-electron chi connectivity index (χ0n) is 27.2. The highest BCUT2D eigenvalue weighted by molar-refractivity contribution is 6.10. The van der Waals surface area contributed by atoms with Crippen LogP contribution in [0.4, 0.5) is 0 Å². The second-order valence-electron chi connectivity index (χ2n) is 14.0. The third-order valence-corrected chi connectivity index (χ3v) is 11.1. The van der Waals surface area contributed by atoms with Crippen molar-refractivity contribution in [2.24, 2.45) is 0 Å². The van der Waals surface area contributed by atoms with Crippen LogP contribution in [0.25, 0.3) is 60.9 Å². The minimum Gasteiger partial charge on any atom is -0.440 e. The van der Waals surface area contributed by atoms with E-state index in [2.05, 4.69) is 170 Å². The molecule has 0 amide bonds. The van der Waals surface area contributed by atoms with Gasteiger partial charge in [0.1, 0.15) is 0 Å². The number of aromatic nitrogens is 1. The SMILES string of the molecule is CC1(C)c2ccccc2-c2c1ccc1c2-c2ccccc2C12Oc1ccc(-c3ccc4c(c3)c3ccccc3n4-c3ccccc3)cc1O2. The van der Waals surface area contributed by atoms with Crippen LogP contribution < -0.4 is 9.47 Å². The summed E-state index contributed by atoms with van der Waals surface area (Å²) in [6.45, 7) is 4.66. The zero-order chi connectivity index (χ0) is 32.5. The second-order valence-corrected chi connectivity index (χ2v) is 14.0. The first-order valence-electron chi connectivity index (χ1n) is 17.0. The van der Waals surface area contributed by atoms with Crippen LogP contribution in [0.2, 0.25) is 0 Å². The number of benzene rings is 7. The second kappa shape index (κ2) is 9.30. The topological polar surface area (TPSA) is 23.4 Å². The van der Waals surface area contributed by atoms with Gasteiger partial charge in [-0.3, -0.25) is 0 Å². The molecule has 0 saturated carbocycles. The molecule has 0 radical (unpaired) electrons. The standard InChI is InChI=1S/C46H31NO2/c1-45(2)35-17-9-6-15-32(35)43-37(45)22-23-38-44(43)33-16-7-10-18-36(33)46(38)48-41-25-21-29(27-42(41)49-46)28-20-24-40-34(26-28)31-14-8-11-19-39(31)47(40)30-12-4-3-5-13-30/h3-27H,1-2H3. The molecular formula is C46H31NO2. The van der Waals surface area contributed by atoms with Crippen molar-refractivity contribution in [1.29, 1.82) is 0 Å². The molecule has 2 heterocycles. The van der Waals surface area contributed by atoms with Crippen molar-refractivity contribution < 1.29 is 9.47 Å². The molecule has 2 aliphatic carbocycles. The van der Waals surface area contributed by atoms with E-state index in [1.807, 2.05) is 0 Å². The third-order valence-electron chi connectivity index (χ3n) is 11.1. The van der Waals surface area contributed by atoms with Crippen LogP contribution in [0.1, 0.15) is 36.1 Å². The van der Waals surface area contributed by atoms with Crippen LogP contribution in [0.5, 0.6) is 11.5 Å². The summed E-state index contributed by atoms with van der Waals surface area (Å²) < 4.78 is 16.4. The van der Waals surface area contributed by atoms with Gasteiger partial charge < -0.3 is 14.0 Å². The van der Waals surface area contributed by atoms with E-state index < -0.39 is 5.79 Å². The smallest absolute Gasteiger partial charge is 0.306 e. The Balaban J connectivity index is 1.05. The molecule has 0 N–H and O–H groups in total. The van der Waals surface area contributed by atoms with Gasteiger partial charge in [-0.2, -0.15) is 0 Å². The summed E-state index contributed by atoms with van der Waals surface area (Å²) in [7, 11) is 0. The van der Waals surface area contributed by atoms with Gasteiger partial charge in [-0.25, -0.2) is 0 Å². The van der Waals surface area contributed by atoms with E-state index in [0.29, 0.717) is 0 Å². The van der Waals surface area contributed by atoms with E-state index in [9.17, 15) is 0 Å². The third kappa shape index (κ3) is 3.42. The molecule has 0 fully saturated rings. The Bertz CT molecular complexity index is 2700. The number of rotatable bonds is 2. The number of fused-ring (bicyclic) bond motifs is 13. The number of nitrogens with zero attached hydrogens (tertiary/aromatic N) is 1. The molecule has 3 nitrogen and oxygen atoms in total. The van der Waals surface area contributed by atoms with E-state index in [-0.39, 0.29) is 5.41 Å². The van der Waals surface area contributed by atoms with Gasteiger partial charge in [-0.1, -0.05) is 117 Å². The quantitative estimate of drug-likeness (QED) is 0.190. The van der Waals surface area contributed by atoms with Crippen LogP contribution in [0.3, 0.4) is 0 Å². The first-order chi connectivity index (χ1) is 24.0. The molecule has 0 bridgehead atoms. The average molecular weight is 630 g/mol. The lowest BCUT2D eigenvalue weighted by molar-refractivity contribution is -0.0417. The highest BCUT2D eigenvalue weighted by atomic mass is 16.7. The molecule has 232 valence electrons. The van der Waals surface area contributed by atoms with Crippen molar-refractivity contribution >= 4 is 21.8 Å². The van der Waals surface area contributed by atoms with Gasteiger partial charge in [0.05, 0.1) is 11.0 Å². The Morgan fingerprint density at radius 2 is 1.06 bits per heavy atom. The van der Waals surface area contributed by atoms with Gasteiger partial charge in [-0.15, -0.1) is 0 Å². The molecule has 1 unspecified atom stereocenters. The Labute approximate surface area is 284 Å². The van der Waals surface area contributed by atoms with Gasteiger partial charge in [-0.05, 0) is 87.5 Å². The maximum Gasteiger partial charge on any atom is 0.306 e. The van der Waals surface area contributed by atoms with E-state index >= 15 is 0 Å². The normalized spacial score (nSPS) is 17.3. The lowest BCUT2D eigenvalue weighted by atomic mass is 9.81. The van der Waals surface area contributed by atoms with Crippen molar-refractivity contribution in [3.05, 3.63) is 174 Å². The van der Waals surface area contributed by atoms with Crippen LogP contribution >= 0.6 is 0 Å². The maximum atomic E-state index is 7.06. The van der Waals surface area contributed by atoms with E-state index in [4.69, 9.17) is 9.47 Å². The Hall–Kier alpha value is -6.06.